The Hall–Kier alpha value is -3.99. The lowest BCUT2D eigenvalue weighted by atomic mass is 10.2. The molecule has 10 nitrogen and oxygen atoms in total. The van der Waals surface area contributed by atoms with Gasteiger partial charge in [0, 0.05) is 22.8 Å². The zero-order valence-corrected chi connectivity index (χ0v) is 16.5. The van der Waals surface area contributed by atoms with Crippen LogP contribution in [-0.4, -0.2) is 30.4 Å². The van der Waals surface area contributed by atoms with Crippen LogP contribution in [-0.2, 0) is 13.1 Å². The second-order valence-corrected chi connectivity index (χ2v) is 6.88. The Bertz CT molecular complexity index is 1240. The summed E-state index contributed by atoms with van der Waals surface area (Å²) < 4.78 is 22.2. The highest BCUT2D eigenvalue weighted by molar-refractivity contribution is 6.31. The number of hydrogen-bond acceptors (Lipinski definition) is 6. The molecule has 0 spiro atoms. The highest BCUT2D eigenvalue weighted by Gasteiger charge is 2.15. The van der Waals surface area contributed by atoms with Crippen LogP contribution in [0.15, 0.2) is 59.4 Å². The highest BCUT2D eigenvalue weighted by atomic mass is 35.5. The number of nitrogens with one attached hydrogen (secondary N) is 1. The van der Waals surface area contributed by atoms with Gasteiger partial charge in [-0.25, -0.2) is 4.39 Å². The average Bonchev–Trinajstić information content (AvgIpc) is 3.47. The van der Waals surface area contributed by atoms with Crippen LogP contribution < -0.4 is 5.32 Å². The third kappa shape index (κ3) is 4.61. The summed E-state index contributed by atoms with van der Waals surface area (Å²) in [6, 6.07) is 9.01. The van der Waals surface area contributed by atoms with Crippen LogP contribution in [0.4, 0.5) is 15.9 Å². The van der Waals surface area contributed by atoms with E-state index in [0.29, 0.717) is 11.3 Å². The zero-order chi connectivity index (χ0) is 22.0. The zero-order valence-electron chi connectivity index (χ0n) is 15.7. The van der Waals surface area contributed by atoms with E-state index in [1.54, 1.807) is 24.4 Å². The number of nitro groups is 1. The van der Waals surface area contributed by atoms with Crippen LogP contribution in [0.5, 0.6) is 0 Å². The predicted molar refractivity (Wildman–Crippen MR) is 107 cm³/mol. The van der Waals surface area contributed by atoms with E-state index in [1.165, 1.54) is 33.8 Å². The van der Waals surface area contributed by atoms with Gasteiger partial charge in [0.15, 0.2) is 11.6 Å². The molecule has 12 heteroatoms. The number of benzene rings is 1. The summed E-state index contributed by atoms with van der Waals surface area (Å²) in [5.41, 5.74) is 0.149. The van der Waals surface area contributed by atoms with Crippen LogP contribution >= 0.6 is 11.6 Å². The van der Waals surface area contributed by atoms with Gasteiger partial charge in [-0.05, 0) is 24.3 Å². The first-order valence-corrected chi connectivity index (χ1v) is 9.30. The Balaban J connectivity index is 1.39. The molecule has 0 saturated carbocycles. The number of hydrogen-bond donors (Lipinski definition) is 1. The lowest BCUT2D eigenvalue weighted by Crippen LogP contribution is -2.12. The van der Waals surface area contributed by atoms with Gasteiger partial charge in [-0.2, -0.15) is 10.2 Å². The first-order valence-electron chi connectivity index (χ1n) is 8.92. The van der Waals surface area contributed by atoms with E-state index in [-0.39, 0.29) is 35.4 Å². The average molecular weight is 445 g/mol. The van der Waals surface area contributed by atoms with Crippen LogP contribution in [0.1, 0.15) is 21.9 Å². The standard InChI is InChI=1S/C19H14ClFN6O4/c20-15-2-1-3-16(21)14(15)11-25-7-6-18(24-25)23-19(28)17-5-4-13(31-17)10-26-9-12(8-22-26)27(29)30/h1-9H,10-11H2,(H,23,24,28). The summed E-state index contributed by atoms with van der Waals surface area (Å²) in [6.07, 6.45) is 3.97. The third-order valence-corrected chi connectivity index (χ3v) is 4.65. The predicted octanol–water partition coefficient (Wildman–Crippen LogP) is 3.72. The van der Waals surface area contributed by atoms with Gasteiger partial charge in [0.2, 0.25) is 0 Å². The summed E-state index contributed by atoms with van der Waals surface area (Å²) in [5, 5.41) is 21.6. The van der Waals surface area contributed by atoms with E-state index in [4.69, 9.17) is 16.0 Å². The summed E-state index contributed by atoms with van der Waals surface area (Å²) in [7, 11) is 0. The van der Waals surface area contributed by atoms with Crippen molar-refractivity contribution in [1.82, 2.24) is 19.6 Å². The van der Waals surface area contributed by atoms with Crippen LogP contribution in [0.25, 0.3) is 0 Å². The second kappa shape index (κ2) is 8.40. The maximum Gasteiger partial charge on any atom is 0.307 e. The van der Waals surface area contributed by atoms with Gasteiger partial charge in [-0.1, -0.05) is 17.7 Å². The number of furan rings is 1. The smallest absolute Gasteiger partial charge is 0.307 e. The summed E-state index contributed by atoms with van der Waals surface area (Å²) >= 11 is 6.02. The quantitative estimate of drug-likeness (QED) is 0.342. The third-order valence-electron chi connectivity index (χ3n) is 4.30. The fraction of sp³-hybridized carbons (Fsp3) is 0.105. The van der Waals surface area contributed by atoms with Gasteiger partial charge >= 0.3 is 5.69 Å². The minimum atomic E-state index is -0.552. The molecule has 0 fully saturated rings. The number of halogens is 2. The van der Waals surface area contributed by atoms with Crippen molar-refractivity contribution in [2.75, 3.05) is 5.32 Å². The molecule has 0 atom stereocenters. The number of nitrogens with zero attached hydrogens (tertiary/aromatic N) is 5. The normalized spacial score (nSPS) is 10.9. The molecule has 0 unspecified atom stereocenters. The number of rotatable bonds is 7. The van der Waals surface area contributed by atoms with E-state index in [9.17, 15) is 19.3 Å². The lowest BCUT2D eigenvalue weighted by Gasteiger charge is -2.06. The number of anilines is 1. The molecule has 0 radical (unpaired) electrons. The Morgan fingerprint density at radius 2 is 2.06 bits per heavy atom. The Morgan fingerprint density at radius 1 is 1.23 bits per heavy atom. The Kier molecular flexibility index (Phi) is 5.50. The van der Waals surface area contributed by atoms with Crippen molar-refractivity contribution < 1.29 is 18.5 Å². The van der Waals surface area contributed by atoms with Crippen molar-refractivity contribution in [3.05, 3.63) is 93.0 Å². The van der Waals surface area contributed by atoms with E-state index < -0.39 is 16.6 Å². The Morgan fingerprint density at radius 3 is 2.81 bits per heavy atom. The highest BCUT2D eigenvalue weighted by Crippen LogP contribution is 2.20. The molecule has 158 valence electrons. The Labute approximate surface area is 179 Å². The van der Waals surface area contributed by atoms with Gasteiger partial charge in [0.05, 0.1) is 18.0 Å². The molecule has 0 saturated heterocycles. The first kappa shape index (κ1) is 20.3. The number of amides is 1. The number of carbonyl (C=O) groups is 1. The van der Waals surface area contributed by atoms with Crippen molar-refractivity contribution in [2.45, 2.75) is 13.1 Å². The van der Waals surface area contributed by atoms with Gasteiger partial charge in [-0.15, -0.1) is 0 Å². The largest absolute Gasteiger partial charge is 0.454 e. The second-order valence-electron chi connectivity index (χ2n) is 6.47. The molecule has 1 aromatic carbocycles. The molecule has 4 rings (SSSR count). The fourth-order valence-corrected chi connectivity index (χ4v) is 3.04. The molecule has 0 aliphatic rings. The maximum absolute atomic E-state index is 13.9. The van der Waals surface area contributed by atoms with Crippen molar-refractivity contribution >= 4 is 29.0 Å². The van der Waals surface area contributed by atoms with Crippen LogP contribution in [0, 0.1) is 15.9 Å². The maximum atomic E-state index is 13.9. The fourth-order valence-electron chi connectivity index (χ4n) is 2.82. The minimum Gasteiger partial charge on any atom is -0.454 e. The summed E-state index contributed by atoms with van der Waals surface area (Å²) in [5.74, 6) is -0.310. The van der Waals surface area contributed by atoms with Crippen molar-refractivity contribution in [3.8, 4) is 0 Å². The lowest BCUT2D eigenvalue weighted by molar-refractivity contribution is -0.385. The molecule has 0 bridgehead atoms. The first-order chi connectivity index (χ1) is 14.9. The molecule has 0 aliphatic carbocycles. The molecular formula is C19H14ClFN6O4. The molecular weight excluding hydrogens is 431 g/mol. The van der Waals surface area contributed by atoms with Gasteiger partial charge < -0.3 is 9.73 Å². The van der Waals surface area contributed by atoms with Crippen molar-refractivity contribution in [2.24, 2.45) is 0 Å². The van der Waals surface area contributed by atoms with Crippen LogP contribution in [0.2, 0.25) is 5.02 Å². The van der Waals surface area contributed by atoms with Crippen molar-refractivity contribution in [3.63, 3.8) is 0 Å². The van der Waals surface area contributed by atoms with E-state index in [1.807, 2.05) is 0 Å². The molecule has 3 heterocycles. The van der Waals surface area contributed by atoms with Gasteiger partial charge in [0.1, 0.15) is 24.0 Å². The molecule has 0 aliphatic heterocycles. The van der Waals surface area contributed by atoms with Crippen molar-refractivity contribution in [1.29, 1.82) is 0 Å². The van der Waals surface area contributed by atoms with E-state index >= 15 is 0 Å². The SMILES string of the molecule is O=C(Nc1ccn(Cc2c(F)cccc2Cl)n1)c1ccc(Cn2cc([N+](=O)[O-])cn2)o1. The topological polar surface area (TPSA) is 121 Å². The van der Waals surface area contributed by atoms with E-state index in [0.717, 1.165) is 6.20 Å². The molecule has 31 heavy (non-hydrogen) atoms. The van der Waals surface area contributed by atoms with Gasteiger partial charge in [0.25, 0.3) is 5.91 Å². The van der Waals surface area contributed by atoms with Crippen LogP contribution in [0.3, 0.4) is 0 Å². The summed E-state index contributed by atoms with van der Waals surface area (Å²) in [6.45, 7) is 0.224. The van der Waals surface area contributed by atoms with Gasteiger partial charge in [-0.3, -0.25) is 24.3 Å². The molecule has 1 amide bonds. The number of aromatic nitrogens is 4. The van der Waals surface area contributed by atoms with E-state index in [2.05, 4.69) is 15.5 Å². The monoisotopic (exact) mass is 444 g/mol. The molecule has 3 aromatic heterocycles. The minimum absolute atomic E-state index is 0.0309. The molecule has 1 N–H and O–H groups in total. The number of carbonyl (C=O) groups excluding carboxylic acids is 1. The summed E-state index contributed by atoms with van der Waals surface area (Å²) in [4.78, 5) is 22.6. The molecule has 4 aromatic rings.